The van der Waals surface area contributed by atoms with Gasteiger partial charge in [0.1, 0.15) is 17.3 Å². The number of thiophene rings is 1. The SMILES string of the molecule is Cc1ccsc1C(=O)Nc1c(F)cccc1F. The van der Waals surface area contributed by atoms with E-state index in [0.29, 0.717) is 4.88 Å². The summed E-state index contributed by atoms with van der Waals surface area (Å²) in [6, 6.07) is 5.22. The maximum Gasteiger partial charge on any atom is 0.266 e. The van der Waals surface area contributed by atoms with Crippen LogP contribution in [0.15, 0.2) is 29.6 Å². The highest BCUT2D eigenvalue weighted by Gasteiger charge is 2.15. The lowest BCUT2D eigenvalue weighted by Gasteiger charge is -2.06. The number of nitrogens with one attached hydrogen (secondary N) is 1. The molecule has 0 saturated carbocycles. The predicted octanol–water partition coefficient (Wildman–Crippen LogP) is 3.59. The lowest BCUT2D eigenvalue weighted by atomic mass is 10.2. The van der Waals surface area contributed by atoms with Crippen molar-refractivity contribution in [3.63, 3.8) is 0 Å². The topological polar surface area (TPSA) is 29.1 Å². The number of rotatable bonds is 2. The van der Waals surface area contributed by atoms with Crippen molar-refractivity contribution in [3.05, 3.63) is 51.7 Å². The summed E-state index contributed by atoms with van der Waals surface area (Å²) in [4.78, 5) is 12.2. The van der Waals surface area contributed by atoms with Crippen molar-refractivity contribution in [1.82, 2.24) is 0 Å². The number of benzene rings is 1. The van der Waals surface area contributed by atoms with Gasteiger partial charge < -0.3 is 5.32 Å². The molecule has 2 rings (SSSR count). The zero-order valence-corrected chi connectivity index (χ0v) is 9.78. The number of anilines is 1. The molecule has 2 aromatic rings. The summed E-state index contributed by atoms with van der Waals surface area (Å²) < 4.78 is 26.6. The molecule has 0 fully saturated rings. The first-order valence-corrected chi connectivity index (χ1v) is 5.77. The van der Waals surface area contributed by atoms with E-state index in [1.807, 2.05) is 0 Å². The van der Waals surface area contributed by atoms with Crippen molar-refractivity contribution in [1.29, 1.82) is 0 Å². The molecule has 1 heterocycles. The van der Waals surface area contributed by atoms with Crippen LogP contribution in [0.1, 0.15) is 15.2 Å². The fraction of sp³-hybridized carbons (Fsp3) is 0.0833. The zero-order chi connectivity index (χ0) is 12.4. The fourth-order valence-electron chi connectivity index (χ4n) is 1.39. The average molecular weight is 253 g/mol. The summed E-state index contributed by atoms with van der Waals surface area (Å²) in [5.41, 5.74) is 0.370. The second-order valence-electron chi connectivity index (χ2n) is 3.48. The normalized spacial score (nSPS) is 10.3. The lowest BCUT2D eigenvalue weighted by Crippen LogP contribution is -2.13. The van der Waals surface area contributed by atoms with E-state index in [2.05, 4.69) is 5.32 Å². The maximum absolute atomic E-state index is 13.3. The zero-order valence-electron chi connectivity index (χ0n) is 8.96. The third-order valence-electron chi connectivity index (χ3n) is 2.27. The van der Waals surface area contributed by atoms with Crippen molar-refractivity contribution in [2.45, 2.75) is 6.92 Å². The molecule has 0 radical (unpaired) electrons. The highest BCUT2D eigenvalue weighted by Crippen LogP contribution is 2.21. The molecule has 0 aliphatic heterocycles. The highest BCUT2D eigenvalue weighted by molar-refractivity contribution is 7.12. The molecular formula is C12H9F2NOS. The number of hydrogen-bond acceptors (Lipinski definition) is 2. The van der Waals surface area contributed by atoms with Gasteiger partial charge in [0.25, 0.3) is 5.91 Å². The van der Waals surface area contributed by atoms with E-state index in [9.17, 15) is 13.6 Å². The van der Waals surface area contributed by atoms with E-state index in [4.69, 9.17) is 0 Å². The van der Waals surface area contributed by atoms with Crippen molar-refractivity contribution in [2.75, 3.05) is 5.32 Å². The van der Waals surface area contributed by atoms with Crippen LogP contribution < -0.4 is 5.32 Å². The van der Waals surface area contributed by atoms with Gasteiger partial charge in [0.2, 0.25) is 0 Å². The number of para-hydroxylation sites is 1. The molecule has 1 amide bonds. The molecule has 5 heteroatoms. The van der Waals surface area contributed by atoms with Gasteiger partial charge in [0.15, 0.2) is 0 Å². The molecule has 0 saturated heterocycles. The molecule has 0 spiro atoms. The van der Waals surface area contributed by atoms with Crippen LogP contribution in [0.25, 0.3) is 0 Å². The maximum atomic E-state index is 13.3. The van der Waals surface area contributed by atoms with E-state index in [1.54, 1.807) is 18.4 Å². The number of amides is 1. The summed E-state index contributed by atoms with van der Waals surface area (Å²) in [5, 5.41) is 4.00. The van der Waals surface area contributed by atoms with Crippen LogP contribution in [0.5, 0.6) is 0 Å². The number of halogens is 2. The number of carbonyl (C=O) groups is 1. The number of carbonyl (C=O) groups excluding carboxylic acids is 1. The van der Waals surface area contributed by atoms with E-state index < -0.39 is 23.2 Å². The molecule has 1 aromatic carbocycles. The standard InChI is InChI=1S/C12H9F2NOS/c1-7-5-6-17-11(7)12(16)15-10-8(13)3-2-4-9(10)14/h2-6H,1H3,(H,15,16). The minimum Gasteiger partial charge on any atom is -0.316 e. The minimum atomic E-state index is -0.785. The molecule has 1 aromatic heterocycles. The second kappa shape index (κ2) is 4.63. The quantitative estimate of drug-likeness (QED) is 0.870. The van der Waals surface area contributed by atoms with Crippen molar-refractivity contribution < 1.29 is 13.6 Å². The smallest absolute Gasteiger partial charge is 0.266 e. The monoisotopic (exact) mass is 253 g/mol. The summed E-state index contributed by atoms with van der Waals surface area (Å²) in [5.74, 6) is -2.07. The molecule has 0 aliphatic rings. The molecule has 0 atom stereocenters. The molecule has 0 unspecified atom stereocenters. The summed E-state index contributed by atoms with van der Waals surface area (Å²) in [6.07, 6.45) is 0. The summed E-state index contributed by atoms with van der Waals surface area (Å²) in [6.45, 7) is 1.77. The summed E-state index contributed by atoms with van der Waals surface area (Å²) in [7, 11) is 0. The third-order valence-corrected chi connectivity index (χ3v) is 3.28. The first-order chi connectivity index (χ1) is 8.09. The van der Waals surface area contributed by atoms with E-state index in [-0.39, 0.29) is 0 Å². The van der Waals surface area contributed by atoms with Crippen LogP contribution in [0.4, 0.5) is 14.5 Å². The Bertz CT molecular complexity index is 545. The van der Waals surface area contributed by atoms with Crippen LogP contribution >= 0.6 is 11.3 Å². The van der Waals surface area contributed by atoms with Crippen molar-refractivity contribution >= 4 is 22.9 Å². The molecular weight excluding hydrogens is 244 g/mol. The first kappa shape index (κ1) is 11.7. The largest absolute Gasteiger partial charge is 0.316 e. The van der Waals surface area contributed by atoms with Gasteiger partial charge in [0, 0.05) is 0 Å². The van der Waals surface area contributed by atoms with Gasteiger partial charge in [-0.15, -0.1) is 11.3 Å². The second-order valence-corrected chi connectivity index (χ2v) is 4.40. The van der Waals surface area contributed by atoms with E-state index in [1.165, 1.54) is 17.4 Å². The van der Waals surface area contributed by atoms with Gasteiger partial charge >= 0.3 is 0 Å². The number of aryl methyl sites for hydroxylation is 1. The highest BCUT2D eigenvalue weighted by atomic mass is 32.1. The Hall–Kier alpha value is -1.75. The van der Waals surface area contributed by atoms with Gasteiger partial charge in [-0.3, -0.25) is 4.79 Å². The van der Waals surface area contributed by atoms with Crippen molar-refractivity contribution in [3.8, 4) is 0 Å². The van der Waals surface area contributed by atoms with Gasteiger partial charge in [-0.1, -0.05) is 6.07 Å². The van der Waals surface area contributed by atoms with E-state index >= 15 is 0 Å². The van der Waals surface area contributed by atoms with Crippen molar-refractivity contribution in [2.24, 2.45) is 0 Å². The average Bonchev–Trinajstić information content (AvgIpc) is 2.70. The van der Waals surface area contributed by atoms with Crippen LogP contribution in [-0.4, -0.2) is 5.91 Å². The van der Waals surface area contributed by atoms with Crippen LogP contribution in [0, 0.1) is 18.6 Å². The molecule has 17 heavy (non-hydrogen) atoms. The predicted molar refractivity (Wildman–Crippen MR) is 63.4 cm³/mol. The van der Waals surface area contributed by atoms with Gasteiger partial charge in [-0.2, -0.15) is 0 Å². The molecule has 0 bridgehead atoms. The molecule has 1 N–H and O–H groups in total. The third kappa shape index (κ3) is 2.34. The van der Waals surface area contributed by atoms with Gasteiger partial charge in [-0.05, 0) is 36.1 Å². The molecule has 88 valence electrons. The van der Waals surface area contributed by atoms with Gasteiger partial charge in [-0.25, -0.2) is 8.78 Å². The van der Waals surface area contributed by atoms with Crippen LogP contribution in [-0.2, 0) is 0 Å². The summed E-state index contributed by atoms with van der Waals surface area (Å²) >= 11 is 1.23. The van der Waals surface area contributed by atoms with Crippen LogP contribution in [0.3, 0.4) is 0 Å². The Balaban J connectivity index is 2.28. The fourth-order valence-corrected chi connectivity index (χ4v) is 2.21. The van der Waals surface area contributed by atoms with E-state index in [0.717, 1.165) is 17.7 Å². The minimum absolute atomic E-state index is 0.412. The van der Waals surface area contributed by atoms with Gasteiger partial charge in [0.05, 0.1) is 4.88 Å². The molecule has 0 aliphatic carbocycles. The number of hydrogen-bond donors (Lipinski definition) is 1. The lowest BCUT2D eigenvalue weighted by molar-refractivity contribution is 0.102. The Morgan fingerprint density at radius 3 is 2.41 bits per heavy atom. The first-order valence-electron chi connectivity index (χ1n) is 4.89. The molecule has 2 nitrogen and oxygen atoms in total. The van der Waals surface area contributed by atoms with Crippen LogP contribution in [0.2, 0.25) is 0 Å². The Kier molecular flexibility index (Phi) is 3.19. The Labute approximate surface area is 101 Å². The Morgan fingerprint density at radius 2 is 1.88 bits per heavy atom. The Morgan fingerprint density at radius 1 is 1.24 bits per heavy atom.